The van der Waals surface area contributed by atoms with Crippen LogP contribution in [0, 0.1) is 17.2 Å². The van der Waals surface area contributed by atoms with Crippen molar-refractivity contribution in [3.63, 3.8) is 0 Å². The molecular formula is C31H29N7O2. The summed E-state index contributed by atoms with van der Waals surface area (Å²) in [6, 6.07) is 18.1. The van der Waals surface area contributed by atoms with Gasteiger partial charge in [-0.15, -0.1) is 10.2 Å². The van der Waals surface area contributed by atoms with E-state index < -0.39 is 0 Å². The summed E-state index contributed by atoms with van der Waals surface area (Å²) in [6.45, 7) is 3.78. The Morgan fingerprint density at radius 3 is 2.67 bits per heavy atom. The molecule has 0 bridgehead atoms. The molecule has 7 rings (SSSR count). The predicted octanol–water partition coefficient (Wildman–Crippen LogP) is 4.19. The molecule has 2 aliphatic heterocycles. The summed E-state index contributed by atoms with van der Waals surface area (Å²) in [6.07, 6.45) is 3.84. The first-order valence-corrected chi connectivity index (χ1v) is 13.7. The van der Waals surface area contributed by atoms with Crippen LogP contribution in [0.25, 0.3) is 22.5 Å². The number of nitriles is 1. The monoisotopic (exact) mass is 531 g/mol. The molecule has 9 heteroatoms. The van der Waals surface area contributed by atoms with Gasteiger partial charge in [0, 0.05) is 48.8 Å². The fraction of sp³-hybridized carbons (Fsp3) is 0.323. The van der Waals surface area contributed by atoms with Crippen molar-refractivity contribution in [3.8, 4) is 28.6 Å². The summed E-state index contributed by atoms with van der Waals surface area (Å²) < 4.78 is 7.10. The molecule has 0 radical (unpaired) electrons. The lowest BCUT2D eigenvalue weighted by Gasteiger charge is -2.26. The third kappa shape index (κ3) is 4.55. The number of aromatic nitrogens is 4. The Morgan fingerprint density at radius 2 is 1.95 bits per heavy atom. The lowest BCUT2D eigenvalue weighted by atomic mass is 9.96. The van der Waals surface area contributed by atoms with Crippen LogP contribution in [0.2, 0.25) is 0 Å². The molecule has 3 aliphatic rings. The molecule has 0 spiro atoms. The second kappa shape index (κ2) is 9.97. The highest BCUT2D eigenvalue weighted by Crippen LogP contribution is 2.43. The molecule has 1 saturated heterocycles. The van der Waals surface area contributed by atoms with Crippen LogP contribution in [-0.4, -0.2) is 45.4 Å². The van der Waals surface area contributed by atoms with Gasteiger partial charge in [0.2, 0.25) is 0 Å². The summed E-state index contributed by atoms with van der Waals surface area (Å²) >= 11 is 0. The van der Waals surface area contributed by atoms with E-state index in [-0.39, 0.29) is 5.91 Å². The molecule has 9 nitrogen and oxygen atoms in total. The molecule has 4 aromatic rings. The van der Waals surface area contributed by atoms with Crippen molar-refractivity contribution >= 4 is 11.7 Å². The van der Waals surface area contributed by atoms with E-state index in [0.29, 0.717) is 35.6 Å². The molecule has 40 heavy (non-hydrogen) atoms. The van der Waals surface area contributed by atoms with Gasteiger partial charge in [-0.1, -0.05) is 18.2 Å². The zero-order chi connectivity index (χ0) is 27.2. The van der Waals surface area contributed by atoms with Crippen LogP contribution in [0.3, 0.4) is 0 Å². The number of rotatable bonds is 8. The van der Waals surface area contributed by atoms with Crippen LogP contribution in [0.4, 0.5) is 5.82 Å². The minimum atomic E-state index is -0.0241. The van der Waals surface area contributed by atoms with Gasteiger partial charge in [0.1, 0.15) is 12.1 Å². The van der Waals surface area contributed by atoms with Crippen molar-refractivity contribution in [1.82, 2.24) is 25.1 Å². The largest absolute Gasteiger partial charge is 0.381 e. The highest BCUT2D eigenvalue weighted by atomic mass is 16.5. The number of aryl methyl sites for hydroxylation is 1. The van der Waals surface area contributed by atoms with Crippen molar-refractivity contribution < 1.29 is 9.53 Å². The third-order valence-electron chi connectivity index (χ3n) is 7.96. The van der Waals surface area contributed by atoms with Crippen LogP contribution in [-0.2, 0) is 24.9 Å². The lowest BCUT2D eigenvalue weighted by molar-refractivity contribution is -0.0307. The highest BCUT2D eigenvalue weighted by Gasteiger charge is 2.32. The molecule has 2 fully saturated rings. The Hall–Kier alpha value is -4.39. The van der Waals surface area contributed by atoms with E-state index in [4.69, 9.17) is 9.72 Å². The number of carbonyl (C=O) groups is 1. The molecule has 1 aliphatic carbocycles. The molecular weight excluding hydrogens is 502 g/mol. The van der Waals surface area contributed by atoms with Gasteiger partial charge in [0.25, 0.3) is 5.91 Å². The quantitative estimate of drug-likeness (QED) is 0.363. The first-order valence-electron chi connectivity index (χ1n) is 13.7. The molecule has 1 saturated carbocycles. The Morgan fingerprint density at radius 1 is 1.07 bits per heavy atom. The van der Waals surface area contributed by atoms with Crippen LogP contribution in [0.15, 0.2) is 54.9 Å². The Kier molecular flexibility index (Phi) is 6.14. The third-order valence-corrected chi connectivity index (χ3v) is 7.96. The number of benzene rings is 2. The number of hydrogen-bond donors (Lipinski definition) is 1. The second-order valence-corrected chi connectivity index (χ2v) is 11.0. The maximum Gasteiger partial charge on any atom is 0.260 e. The van der Waals surface area contributed by atoms with Gasteiger partial charge in [-0.2, -0.15) is 5.26 Å². The number of pyridine rings is 1. The number of hydrogen-bond acceptors (Lipinski definition) is 7. The van der Waals surface area contributed by atoms with Gasteiger partial charge in [-0.25, -0.2) is 4.98 Å². The number of amides is 1. The molecule has 1 N–H and O–H groups in total. The van der Waals surface area contributed by atoms with E-state index in [0.717, 1.165) is 78.2 Å². The smallest absolute Gasteiger partial charge is 0.260 e. The lowest BCUT2D eigenvalue weighted by Crippen LogP contribution is -2.36. The topological polar surface area (TPSA) is 109 Å². The zero-order valence-electron chi connectivity index (χ0n) is 22.3. The SMILES string of the molecule is Cn1cnnc1-c1cc(C#N)ccc1-c1cc(C2CC2)nc(N2Cc3ccc(CNCC4COC4)cc3C2=O)c1. The van der Waals surface area contributed by atoms with Crippen molar-refractivity contribution in [2.75, 3.05) is 24.7 Å². The minimum Gasteiger partial charge on any atom is -0.381 e. The Labute approximate surface area is 232 Å². The van der Waals surface area contributed by atoms with Gasteiger partial charge in [-0.3, -0.25) is 9.69 Å². The van der Waals surface area contributed by atoms with Crippen molar-refractivity contribution in [2.24, 2.45) is 13.0 Å². The average Bonchev–Trinajstić information content (AvgIpc) is 3.64. The van der Waals surface area contributed by atoms with Crippen molar-refractivity contribution in [2.45, 2.75) is 31.8 Å². The standard InChI is InChI=1S/C31H29N7O2/c1-37-18-34-36-30(37)27-8-19(12-32)3-7-25(27)24-10-28(22-5-6-22)35-29(11-24)38-15-23-4-2-20(9-26(23)31(38)39)13-33-14-21-16-40-17-21/h2-4,7-11,18,21-22,33H,5-6,13-17H2,1H3. The van der Waals surface area contributed by atoms with Crippen LogP contribution in [0.5, 0.6) is 0 Å². The highest BCUT2D eigenvalue weighted by molar-refractivity contribution is 6.10. The van der Waals surface area contributed by atoms with E-state index >= 15 is 0 Å². The number of ether oxygens (including phenoxy) is 1. The van der Waals surface area contributed by atoms with Crippen LogP contribution >= 0.6 is 0 Å². The van der Waals surface area contributed by atoms with Crippen LogP contribution in [0.1, 0.15) is 51.5 Å². The molecule has 0 atom stereocenters. The minimum absolute atomic E-state index is 0.0241. The summed E-state index contributed by atoms with van der Waals surface area (Å²) in [5.74, 6) is 2.28. The fourth-order valence-corrected chi connectivity index (χ4v) is 5.46. The Bertz CT molecular complexity index is 1660. The van der Waals surface area contributed by atoms with Gasteiger partial charge < -0.3 is 14.6 Å². The summed E-state index contributed by atoms with van der Waals surface area (Å²) in [4.78, 5) is 20.5. The maximum atomic E-state index is 13.7. The molecule has 0 unspecified atom stereocenters. The number of nitrogens with zero attached hydrogens (tertiary/aromatic N) is 6. The van der Waals surface area contributed by atoms with Crippen LogP contribution < -0.4 is 10.2 Å². The maximum absolute atomic E-state index is 13.7. The number of anilines is 1. The molecule has 1 amide bonds. The van der Waals surface area contributed by atoms with E-state index in [9.17, 15) is 10.1 Å². The van der Waals surface area contributed by atoms with E-state index in [1.165, 1.54) is 0 Å². The fourth-order valence-electron chi connectivity index (χ4n) is 5.46. The summed E-state index contributed by atoms with van der Waals surface area (Å²) in [5.41, 5.74) is 7.09. The number of fused-ring (bicyclic) bond motifs is 1. The average molecular weight is 532 g/mol. The van der Waals surface area contributed by atoms with Gasteiger partial charge in [-0.05, 0) is 65.4 Å². The first kappa shape index (κ1) is 24.6. The Balaban J connectivity index is 1.22. The van der Waals surface area contributed by atoms with E-state index in [1.54, 1.807) is 11.2 Å². The predicted molar refractivity (Wildman–Crippen MR) is 149 cm³/mol. The summed E-state index contributed by atoms with van der Waals surface area (Å²) in [5, 5.41) is 21.4. The molecule has 2 aromatic heterocycles. The van der Waals surface area contributed by atoms with Crippen molar-refractivity contribution in [3.05, 3.63) is 82.8 Å². The van der Waals surface area contributed by atoms with Gasteiger partial charge in [0.05, 0.1) is 31.4 Å². The van der Waals surface area contributed by atoms with E-state index in [2.05, 4.69) is 39.8 Å². The first-order chi connectivity index (χ1) is 19.6. The summed E-state index contributed by atoms with van der Waals surface area (Å²) in [7, 11) is 1.89. The molecule has 200 valence electrons. The second-order valence-electron chi connectivity index (χ2n) is 11.0. The van der Waals surface area contributed by atoms with E-state index in [1.807, 2.05) is 41.9 Å². The van der Waals surface area contributed by atoms with Gasteiger partial charge >= 0.3 is 0 Å². The molecule has 2 aromatic carbocycles. The number of carbonyl (C=O) groups excluding carboxylic acids is 1. The number of nitrogens with one attached hydrogen (secondary N) is 1. The van der Waals surface area contributed by atoms with Gasteiger partial charge in [0.15, 0.2) is 5.82 Å². The molecule has 4 heterocycles. The normalized spacial score (nSPS) is 16.6. The zero-order valence-corrected chi connectivity index (χ0v) is 22.3. The van der Waals surface area contributed by atoms with Crippen molar-refractivity contribution in [1.29, 1.82) is 5.26 Å².